The minimum atomic E-state index is -1.02. The second-order valence-electron chi connectivity index (χ2n) is 3.28. The number of hydrogen-bond acceptors (Lipinski definition) is 2. The molecule has 0 unspecified atom stereocenters. The number of benzene rings is 1. The Morgan fingerprint density at radius 3 is 2.31 bits per heavy atom. The first-order valence-corrected chi connectivity index (χ1v) is 4.63. The molecule has 2 N–H and O–H groups in total. The first-order valence-electron chi connectivity index (χ1n) is 4.63. The van der Waals surface area contributed by atoms with Crippen molar-refractivity contribution >= 4 is 11.9 Å². The third-order valence-corrected chi connectivity index (χ3v) is 1.96. The maximum atomic E-state index is 10.8. The molecule has 16 heavy (non-hydrogen) atoms. The van der Waals surface area contributed by atoms with Crippen molar-refractivity contribution < 1.29 is 31.2 Å². The summed E-state index contributed by atoms with van der Waals surface area (Å²) in [6.07, 6.45) is 0.301. The average Bonchev–Trinajstić information content (AvgIpc) is 2.17. The van der Waals surface area contributed by atoms with E-state index in [0.717, 1.165) is 5.56 Å². The molecule has 1 rings (SSSR count). The fraction of sp³-hybridized carbons (Fsp3) is 0.273. The third-order valence-electron chi connectivity index (χ3n) is 1.96. The van der Waals surface area contributed by atoms with Gasteiger partial charge < -0.3 is 10.4 Å². The van der Waals surface area contributed by atoms with Crippen molar-refractivity contribution in [3.63, 3.8) is 0 Å². The van der Waals surface area contributed by atoms with Crippen molar-refractivity contribution in [1.82, 2.24) is 5.32 Å². The Kier molecular flexibility index (Phi) is 6.42. The van der Waals surface area contributed by atoms with Crippen LogP contribution < -0.4 is 5.32 Å². The van der Waals surface area contributed by atoms with E-state index in [0.29, 0.717) is 6.42 Å². The van der Waals surface area contributed by atoms with Crippen LogP contribution >= 0.6 is 0 Å². The van der Waals surface area contributed by atoms with Crippen molar-refractivity contribution in [3.05, 3.63) is 35.9 Å². The summed E-state index contributed by atoms with van der Waals surface area (Å²) in [5.74, 6) is -1.35. The zero-order valence-corrected chi connectivity index (χ0v) is 9.74. The van der Waals surface area contributed by atoms with Crippen LogP contribution in [0.5, 0.6) is 0 Å². The largest absolute Gasteiger partial charge is 0.480 e. The first kappa shape index (κ1) is 14.7. The van der Waals surface area contributed by atoms with Crippen molar-refractivity contribution in [2.24, 2.45) is 0 Å². The zero-order valence-electron chi connectivity index (χ0n) is 8.75. The Morgan fingerprint density at radius 2 is 1.88 bits per heavy atom. The van der Waals surface area contributed by atoms with Crippen LogP contribution in [0.4, 0.5) is 0 Å². The maximum Gasteiger partial charge on any atom is 0.326 e. The van der Waals surface area contributed by atoms with Gasteiger partial charge in [-0.2, -0.15) is 0 Å². The van der Waals surface area contributed by atoms with E-state index in [1.165, 1.54) is 6.92 Å². The SMILES string of the molecule is CC(=O)N[C@@H](Cc1ccccc1)C(=O)O.[Ni]. The van der Waals surface area contributed by atoms with Crippen LogP contribution in [0.2, 0.25) is 0 Å². The van der Waals surface area contributed by atoms with Crippen LogP contribution in [0.1, 0.15) is 12.5 Å². The minimum Gasteiger partial charge on any atom is -0.480 e. The van der Waals surface area contributed by atoms with Crippen LogP contribution in [0, 0.1) is 0 Å². The Morgan fingerprint density at radius 1 is 1.31 bits per heavy atom. The summed E-state index contributed by atoms with van der Waals surface area (Å²) < 4.78 is 0. The quantitative estimate of drug-likeness (QED) is 0.792. The molecule has 0 aliphatic carbocycles. The molecule has 0 spiro atoms. The van der Waals surface area contributed by atoms with Crippen LogP contribution in [0.3, 0.4) is 0 Å². The van der Waals surface area contributed by atoms with Crippen molar-refractivity contribution in [2.45, 2.75) is 19.4 Å². The van der Waals surface area contributed by atoms with Gasteiger partial charge in [0.25, 0.3) is 0 Å². The number of carbonyl (C=O) groups is 2. The van der Waals surface area contributed by atoms with Crippen LogP contribution in [0.15, 0.2) is 30.3 Å². The van der Waals surface area contributed by atoms with E-state index in [1.54, 1.807) is 0 Å². The summed E-state index contributed by atoms with van der Waals surface area (Å²) >= 11 is 0. The van der Waals surface area contributed by atoms with Gasteiger partial charge in [0.1, 0.15) is 6.04 Å². The van der Waals surface area contributed by atoms with Gasteiger partial charge in [0, 0.05) is 29.8 Å². The van der Waals surface area contributed by atoms with E-state index < -0.39 is 12.0 Å². The summed E-state index contributed by atoms with van der Waals surface area (Å²) in [6, 6.07) is 8.34. The van der Waals surface area contributed by atoms with Gasteiger partial charge in [-0.05, 0) is 5.56 Å². The molecule has 1 atom stereocenters. The summed E-state index contributed by atoms with van der Waals surface area (Å²) in [6.45, 7) is 1.31. The molecule has 0 aliphatic heterocycles. The molecule has 90 valence electrons. The molecule has 0 saturated heterocycles. The molecule has 0 aliphatic rings. The number of carboxylic acids is 1. The number of nitrogens with one attached hydrogen (secondary N) is 1. The maximum absolute atomic E-state index is 10.8. The van der Waals surface area contributed by atoms with Gasteiger partial charge in [0.2, 0.25) is 5.91 Å². The molecule has 1 aromatic carbocycles. The Hall–Kier alpha value is -1.35. The summed E-state index contributed by atoms with van der Waals surface area (Å²) in [7, 11) is 0. The predicted octanol–water partition coefficient (Wildman–Crippen LogP) is 0.816. The van der Waals surface area contributed by atoms with Crippen molar-refractivity contribution in [3.8, 4) is 0 Å². The molecular formula is C11H13NNiO3. The summed E-state index contributed by atoms with van der Waals surface area (Å²) in [5, 5.41) is 11.3. The Labute approximate surface area is 104 Å². The topological polar surface area (TPSA) is 66.4 Å². The van der Waals surface area contributed by atoms with Gasteiger partial charge in [-0.3, -0.25) is 4.79 Å². The van der Waals surface area contributed by atoms with Crippen molar-refractivity contribution in [1.29, 1.82) is 0 Å². The van der Waals surface area contributed by atoms with E-state index in [9.17, 15) is 9.59 Å². The fourth-order valence-electron chi connectivity index (χ4n) is 1.30. The van der Waals surface area contributed by atoms with E-state index in [-0.39, 0.29) is 22.4 Å². The second-order valence-corrected chi connectivity index (χ2v) is 3.28. The van der Waals surface area contributed by atoms with Gasteiger partial charge in [0.05, 0.1) is 0 Å². The first-order chi connectivity index (χ1) is 7.09. The van der Waals surface area contributed by atoms with Gasteiger partial charge in [-0.15, -0.1) is 0 Å². The second kappa shape index (κ2) is 7.01. The van der Waals surface area contributed by atoms with Gasteiger partial charge in [0.15, 0.2) is 0 Å². The van der Waals surface area contributed by atoms with Crippen LogP contribution in [0.25, 0.3) is 0 Å². The Bertz CT molecular complexity index is 354. The van der Waals surface area contributed by atoms with E-state index in [1.807, 2.05) is 30.3 Å². The molecular weight excluding hydrogens is 253 g/mol. The summed E-state index contributed by atoms with van der Waals surface area (Å²) in [4.78, 5) is 21.6. The van der Waals surface area contributed by atoms with Crippen LogP contribution in [-0.4, -0.2) is 23.0 Å². The molecule has 1 amide bonds. The standard InChI is InChI=1S/C11H13NO3.Ni/c1-8(13)12-10(11(14)15)7-9-5-3-2-4-6-9;/h2-6,10H,7H2,1H3,(H,12,13)(H,14,15);/t10-;/m0./s1. The monoisotopic (exact) mass is 265 g/mol. The van der Waals surface area contributed by atoms with E-state index >= 15 is 0 Å². The molecule has 1 aromatic rings. The summed E-state index contributed by atoms with van der Waals surface area (Å²) in [5.41, 5.74) is 0.888. The van der Waals surface area contributed by atoms with Crippen molar-refractivity contribution in [2.75, 3.05) is 0 Å². The molecule has 0 saturated carbocycles. The normalized spacial score (nSPS) is 11.1. The zero-order chi connectivity index (χ0) is 11.3. The number of carboxylic acid groups (broad SMARTS) is 1. The molecule has 0 bridgehead atoms. The van der Waals surface area contributed by atoms with E-state index in [4.69, 9.17) is 5.11 Å². The predicted molar refractivity (Wildman–Crippen MR) is 55.4 cm³/mol. The van der Waals surface area contributed by atoms with Gasteiger partial charge >= 0.3 is 5.97 Å². The fourth-order valence-corrected chi connectivity index (χ4v) is 1.30. The van der Waals surface area contributed by atoms with Gasteiger partial charge in [-0.1, -0.05) is 30.3 Å². The molecule has 0 heterocycles. The smallest absolute Gasteiger partial charge is 0.326 e. The van der Waals surface area contributed by atoms with E-state index in [2.05, 4.69) is 5.32 Å². The average molecular weight is 266 g/mol. The number of hydrogen-bond donors (Lipinski definition) is 2. The van der Waals surface area contributed by atoms with Gasteiger partial charge in [-0.25, -0.2) is 4.79 Å². The number of rotatable bonds is 4. The molecule has 5 heteroatoms. The number of amides is 1. The molecule has 0 fully saturated rings. The number of aliphatic carboxylic acids is 1. The Balaban J connectivity index is 0.00000225. The molecule has 4 nitrogen and oxygen atoms in total. The van der Waals surface area contributed by atoms with Crippen LogP contribution in [-0.2, 0) is 32.5 Å². The third kappa shape index (κ3) is 4.94. The minimum absolute atomic E-state index is 0. The molecule has 0 radical (unpaired) electrons. The number of carbonyl (C=O) groups excluding carboxylic acids is 1. The molecule has 0 aromatic heterocycles.